The van der Waals surface area contributed by atoms with Crippen LogP contribution in [0.1, 0.15) is 30.8 Å². The van der Waals surface area contributed by atoms with Gasteiger partial charge in [0.2, 0.25) is 0 Å². The first-order valence-electron chi connectivity index (χ1n) is 4.38. The van der Waals surface area contributed by atoms with E-state index in [0.717, 1.165) is 33.0 Å². The van der Waals surface area contributed by atoms with Crippen LogP contribution in [0.4, 0.5) is 0 Å². The first-order valence-corrected chi connectivity index (χ1v) is 5.99. The molecule has 1 aliphatic carbocycles. The minimum absolute atomic E-state index is 0.141. The number of hydrogen-bond donors (Lipinski definition) is 1. The predicted octanol–water partition coefficient (Wildman–Crippen LogP) is 3.06. The summed E-state index contributed by atoms with van der Waals surface area (Å²) in [5.41, 5.74) is 1.95. The third-order valence-corrected chi connectivity index (χ3v) is 3.94. The number of thiazole rings is 1. The van der Waals surface area contributed by atoms with Gasteiger partial charge in [-0.3, -0.25) is 0 Å². The smallest absolute Gasteiger partial charge is 0.159 e. The fourth-order valence-electron chi connectivity index (χ4n) is 1.80. The zero-order valence-electron chi connectivity index (χ0n) is 8.04. The Kier molecular flexibility index (Phi) is 2.39. The fourth-order valence-corrected chi connectivity index (χ4v) is 3.29. The van der Waals surface area contributed by atoms with E-state index < -0.39 is 0 Å². The number of fused-ring (bicyclic) bond motifs is 1. The van der Waals surface area contributed by atoms with Crippen molar-refractivity contribution in [2.45, 2.75) is 26.7 Å². The molecule has 0 saturated carbocycles. The lowest BCUT2D eigenvalue weighted by Crippen LogP contribution is -2.26. The molecule has 0 saturated heterocycles. The van der Waals surface area contributed by atoms with Crippen LogP contribution in [-0.2, 0) is 6.42 Å². The Morgan fingerprint density at radius 1 is 1.50 bits per heavy atom. The molecule has 14 heavy (non-hydrogen) atoms. The zero-order chi connectivity index (χ0) is 10.3. The van der Waals surface area contributed by atoms with Crippen molar-refractivity contribution in [3.63, 3.8) is 0 Å². The first kappa shape index (κ1) is 10.1. The molecule has 2 rings (SSSR count). The number of nitrogens with zero attached hydrogens (tertiary/aromatic N) is 2. The maximum absolute atomic E-state index is 8.93. The van der Waals surface area contributed by atoms with Gasteiger partial charge in [-0.15, -0.1) is 11.3 Å². The predicted molar refractivity (Wildman–Crippen MR) is 60.2 cm³/mol. The van der Waals surface area contributed by atoms with Crippen molar-refractivity contribution in [3.05, 3.63) is 14.5 Å². The van der Waals surface area contributed by atoms with E-state index in [1.807, 2.05) is 0 Å². The highest BCUT2D eigenvalue weighted by Crippen LogP contribution is 2.38. The summed E-state index contributed by atoms with van der Waals surface area (Å²) in [7, 11) is 0. The molecule has 0 fully saturated rings. The van der Waals surface area contributed by atoms with Gasteiger partial charge >= 0.3 is 0 Å². The van der Waals surface area contributed by atoms with Gasteiger partial charge in [-0.05, 0) is 34.2 Å². The molecular formula is C9H11BrN2OS. The van der Waals surface area contributed by atoms with Crippen LogP contribution in [0.15, 0.2) is 9.07 Å². The summed E-state index contributed by atoms with van der Waals surface area (Å²) in [6, 6.07) is 0. The lowest BCUT2D eigenvalue weighted by atomic mass is 9.78. The maximum Gasteiger partial charge on any atom is 0.159 e. The van der Waals surface area contributed by atoms with Gasteiger partial charge in [-0.25, -0.2) is 4.98 Å². The molecule has 0 aromatic carbocycles. The van der Waals surface area contributed by atoms with Gasteiger partial charge in [-0.2, -0.15) is 0 Å². The van der Waals surface area contributed by atoms with Gasteiger partial charge < -0.3 is 5.21 Å². The molecule has 0 amide bonds. The Balaban J connectivity index is 2.51. The van der Waals surface area contributed by atoms with Crippen LogP contribution in [0.2, 0.25) is 0 Å². The van der Waals surface area contributed by atoms with E-state index >= 15 is 0 Å². The molecule has 1 aromatic heterocycles. The number of aromatic nitrogens is 1. The molecule has 3 nitrogen and oxygen atoms in total. The highest BCUT2D eigenvalue weighted by Gasteiger charge is 2.32. The molecular weight excluding hydrogens is 264 g/mol. The Hall–Kier alpha value is -0.420. The minimum Gasteiger partial charge on any atom is -0.411 e. The van der Waals surface area contributed by atoms with Crippen LogP contribution in [0.5, 0.6) is 0 Å². The van der Waals surface area contributed by atoms with E-state index in [1.54, 1.807) is 0 Å². The summed E-state index contributed by atoms with van der Waals surface area (Å²) in [6.07, 6.45) is 1.76. The summed E-state index contributed by atoms with van der Waals surface area (Å²) < 4.78 is 0.862. The van der Waals surface area contributed by atoms with Crippen LogP contribution < -0.4 is 0 Å². The van der Waals surface area contributed by atoms with Crippen LogP contribution in [0.25, 0.3) is 0 Å². The van der Waals surface area contributed by atoms with E-state index in [4.69, 9.17) is 5.21 Å². The van der Waals surface area contributed by atoms with E-state index in [1.165, 1.54) is 11.3 Å². The van der Waals surface area contributed by atoms with Crippen LogP contribution in [0.3, 0.4) is 0 Å². The highest BCUT2D eigenvalue weighted by molar-refractivity contribution is 9.11. The van der Waals surface area contributed by atoms with Gasteiger partial charge in [0, 0.05) is 0 Å². The second-order valence-corrected chi connectivity index (χ2v) is 6.58. The average molecular weight is 275 g/mol. The molecule has 76 valence electrons. The van der Waals surface area contributed by atoms with Crippen molar-refractivity contribution in [1.82, 2.24) is 4.98 Å². The van der Waals surface area contributed by atoms with E-state index in [9.17, 15) is 0 Å². The second kappa shape index (κ2) is 3.31. The Labute approximate surface area is 95.0 Å². The van der Waals surface area contributed by atoms with Crippen LogP contribution in [-0.4, -0.2) is 15.9 Å². The molecule has 0 unspecified atom stereocenters. The normalized spacial score (nSPS) is 22.4. The Morgan fingerprint density at radius 3 is 2.86 bits per heavy atom. The standard InChI is InChI=1S/C9H11BrN2OS/c1-9(2)3-5-7(6(4-9)12-13)14-8(10)11-5/h13H,3-4H2,1-2H3. The lowest BCUT2D eigenvalue weighted by Gasteiger charge is -2.28. The number of hydrogen-bond acceptors (Lipinski definition) is 4. The monoisotopic (exact) mass is 274 g/mol. The fraction of sp³-hybridized carbons (Fsp3) is 0.556. The van der Waals surface area contributed by atoms with Gasteiger partial charge in [0.1, 0.15) is 0 Å². The summed E-state index contributed by atoms with van der Waals surface area (Å²) in [5, 5.41) is 12.3. The average Bonchev–Trinajstić information content (AvgIpc) is 2.41. The van der Waals surface area contributed by atoms with E-state index in [-0.39, 0.29) is 5.41 Å². The molecule has 0 aliphatic heterocycles. The quantitative estimate of drug-likeness (QED) is 0.584. The second-order valence-electron chi connectivity index (χ2n) is 4.31. The third kappa shape index (κ3) is 1.70. The molecule has 0 atom stereocenters. The summed E-state index contributed by atoms with van der Waals surface area (Å²) in [6.45, 7) is 4.32. The van der Waals surface area contributed by atoms with Crippen molar-refractivity contribution in [2.24, 2.45) is 10.6 Å². The van der Waals surface area contributed by atoms with Crippen molar-refractivity contribution in [1.29, 1.82) is 0 Å². The topological polar surface area (TPSA) is 45.5 Å². The Morgan fingerprint density at radius 2 is 2.21 bits per heavy atom. The molecule has 5 heteroatoms. The van der Waals surface area contributed by atoms with Crippen molar-refractivity contribution >= 4 is 33.0 Å². The van der Waals surface area contributed by atoms with Crippen molar-refractivity contribution in [2.75, 3.05) is 0 Å². The van der Waals surface area contributed by atoms with Crippen LogP contribution in [0, 0.1) is 5.41 Å². The highest BCUT2D eigenvalue weighted by atomic mass is 79.9. The van der Waals surface area contributed by atoms with Gasteiger partial charge in [-0.1, -0.05) is 19.0 Å². The summed E-state index contributed by atoms with van der Waals surface area (Å²) in [5.74, 6) is 0. The van der Waals surface area contributed by atoms with E-state index in [0.29, 0.717) is 0 Å². The number of rotatable bonds is 0. The van der Waals surface area contributed by atoms with Crippen molar-refractivity contribution in [3.8, 4) is 0 Å². The Bertz CT molecular complexity index is 398. The third-order valence-electron chi connectivity index (χ3n) is 2.35. The molecule has 1 heterocycles. The first-order chi connectivity index (χ1) is 6.52. The zero-order valence-corrected chi connectivity index (χ0v) is 10.4. The van der Waals surface area contributed by atoms with Crippen molar-refractivity contribution < 1.29 is 5.21 Å². The molecule has 0 radical (unpaired) electrons. The molecule has 0 spiro atoms. The van der Waals surface area contributed by atoms with Crippen LogP contribution >= 0.6 is 27.3 Å². The molecule has 1 aromatic rings. The molecule has 1 N–H and O–H groups in total. The number of oxime groups is 1. The van der Waals surface area contributed by atoms with Gasteiger partial charge in [0.05, 0.1) is 16.3 Å². The summed E-state index contributed by atoms with van der Waals surface area (Å²) >= 11 is 4.90. The maximum atomic E-state index is 8.93. The minimum atomic E-state index is 0.141. The SMILES string of the molecule is CC1(C)CC(=NO)c2sc(Br)nc2C1. The van der Waals surface area contributed by atoms with E-state index in [2.05, 4.69) is 39.9 Å². The summed E-state index contributed by atoms with van der Waals surface area (Å²) in [4.78, 5) is 5.41. The van der Waals surface area contributed by atoms with Gasteiger partial charge in [0.15, 0.2) is 3.92 Å². The largest absolute Gasteiger partial charge is 0.411 e. The number of halogens is 1. The van der Waals surface area contributed by atoms with Gasteiger partial charge in [0.25, 0.3) is 0 Å². The lowest BCUT2D eigenvalue weighted by molar-refractivity contribution is 0.306. The molecule has 0 bridgehead atoms. The molecule has 1 aliphatic rings.